The SMILES string of the molecule is C=c1ccccc1=C.CC.CC(=O)C(C#N)C(C)=C(C)C.CCCC.CCCCc1ccccc1F.CCc1ccccc1. The zero-order valence-corrected chi connectivity index (χ0v) is 29.5. The van der Waals surface area contributed by atoms with Gasteiger partial charge in [0.1, 0.15) is 11.7 Å². The molecule has 0 heterocycles. The number of benzene rings is 3. The first-order valence-electron chi connectivity index (χ1n) is 16.0. The number of nitrogens with zero attached hydrogens (tertiary/aromatic N) is 1. The van der Waals surface area contributed by atoms with Gasteiger partial charge in [-0.05, 0) is 74.6 Å². The Morgan fingerprint density at radius 3 is 1.50 bits per heavy atom. The van der Waals surface area contributed by atoms with Crippen molar-refractivity contribution in [1.29, 1.82) is 5.26 Å². The second-order valence-corrected chi connectivity index (χ2v) is 10.2. The molecule has 0 aliphatic heterocycles. The van der Waals surface area contributed by atoms with Gasteiger partial charge in [-0.3, -0.25) is 4.79 Å². The van der Waals surface area contributed by atoms with Gasteiger partial charge in [0, 0.05) is 0 Å². The highest BCUT2D eigenvalue weighted by atomic mass is 19.1. The fraction of sp³-hybridized carbons (Fsp3) is 0.415. The largest absolute Gasteiger partial charge is 0.298 e. The summed E-state index contributed by atoms with van der Waals surface area (Å²) in [4.78, 5) is 10.9. The number of rotatable bonds is 7. The molecule has 0 bridgehead atoms. The number of halogens is 1. The molecular weight excluding hydrogens is 541 g/mol. The van der Waals surface area contributed by atoms with E-state index in [0.29, 0.717) is 0 Å². The number of carbonyl (C=O) groups is 1. The first-order chi connectivity index (χ1) is 21.0. The predicted molar refractivity (Wildman–Crippen MR) is 193 cm³/mol. The molecule has 1 unspecified atom stereocenters. The third-order valence-corrected chi connectivity index (χ3v) is 6.38. The van der Waals surface area contributed by atoms with E-state index in [0.717, 1.165) is 52.8 Å². The topological polar surface area (TPSA) is 40.9 Å². The Hall–Kier alpha value is -3.77. The van der Waals surface area contributed by atoms with Gasteiger partial charge in [-0.15, -0.1) is 0 Å². The second-order valence-electron chi connectivity index (χ2n) is 10.2. The van der Waals surface area contributed by atoms with Gasteiger partial charge in [-0.2, -0.15) is 5.26 Å². The molecule has 0 aliphatic rings. The number of allylic oxidation sites excluding steroid dienone is 2. The van der Waals surface area contributed by atoms with E-state index in [1.165, 1.54) is 31.4 Å². The lowest BCUT2D eigenvalue weighted by Gasteiger charge is -2.06. The average Bonchev–Trinajstić information content (AvgIpc) is 3.04. The Labute approximate surface area is 270 Å². The number of ketones is 1. The van der Waals surface area contributed by atoms with Crippen LogP contribution in [0.25, 0.3) is 13.2 Å². The monoisotopic (exact) mass is 601 g/mol. The van der Waals surface area contributed by atoms with Crippen molar-refractivity contribution >= 4 is 18.9 Å². The van der Waals surface area contributed by atoms with E-state index in [2.05, 4.69) is 65.1 Å². The fourth-order valence-electron chi connectivity index (χ4n) is 3.12. The minimum atomic E-state index is -0.542. The van der Waals surface area contributed by atoms with Crippen molar-refractivity contribution in [2.24, 2.45) is 5.92 Å². The van der Waals surface area contributed by atoms with Crippen molar-refractivity contribution in [1.82, 2.24) is 0 Å². The van der Waals surface area contributed by atoms with Crippen LogP contribution in [0.4, 0.5) is 4.39 Å². The molecule has 3 aromatic rings. The molecule has 0 N–H and O–H groups in total. The maximum Gasteiger partial charge on any atom is 0.151 e. The number of Topliss-reactive ketones (excluding diaryl/α,β-unsaturated/α-hetero) is 1. The van der Waals surface area contributed by atoms with Crippen LogP contribution in [0.15, 0.2) is 90.0 Å². The highest BCUT2D eigenvalue weighted by Gasteiger charge is 2.15. The lowest BCUT2D eigenvalue weighted by atomic mass is 9.95. The zero-order chi connectivity index (χ0) is 34.3. The molecule has 242 valence electrons. The molecule has 0 amide bonds. The van der Waals surface area contributed by atoms with Crippen molar-refractivity contribution in [3.05, 3.63) is 117 Å². The van der Waals surface area contributed by atoms with Crippen molar-refractivity contribution in [3.63, 3.8) is 0 Å². The third-order valence-electron chi connectivity index (χ3n) is 6.38. The van der Waals surface area contributed by atoms with Gasteiger partial charge in [0.2, 0.25) is 0 Å². The van der Waals surface area contributed by atoms with Crippen LogP contribution in [0.2, 0.25) is 0 Å². The summed E-state index contributed by atoms with van der Waals surface area (Å²) in [5.74, 6) is -0.688. The Bertz CT molecular complexity index is 1250. The van der Waals surface area contributed by atoms with Crippen LogP contribution >= 0.6 is 0 Å². The predicted octanol–water partition coefficient (Wildman–Crippen LogP) is 10.8. The van der Waals surface area contributed by atoms with Gasteiger partial charge in [0.15, 0.2) is 5.78 Å². The van der Waals surface area contributed by atoms with E-state index in [-0.39, 0.29) is 11.6 Å². The minimum Gasteiger partial charge on any atom is -0.298 e. The van der Waals surface area contributed by atoms with Crippen molar-refractivity contribution in [2.45, 2.75) is 108 Å². The molecule has 1 atom stereocenters. The van der Waals surface area contributed by atoms with E-state index in [9.17, 15) is 9.18 Å². The summed E-state index contributed by atoms with van der Waals surface area (Å²) in [6, 6.07) is 27.2. The van der Waals surface area contributed by atoms with E-state index < -0.39 is 5.92 Å². The molecule has 44 heavy (non-hydrogen) atoms. The number of nitriles is 1. The number of hydrogen-bond acceptors (Lipinski definition) is 2. The first-order valence-corrected chi connectivity index (χ1v) is 16.0. The molecule has 3 rings (SSSR count). The van der Waals surface area contributed by atoms with Crippen molar-refractivity contribution in [3.8, 4) is 6.07 Å². The van der Waals surface area contributed by atoms with E-state index in [1.807, 2.05) is 83.2 Å². The smallest absolute Gasteiger partial charge is 0.151 e. The molecule has 2 nitrogen and oxygen atoms in total. The normalized spacial score (nSPS) is 9.50. The van der Waals surface area contributed by atoms with Crippen LogP contribution in [-0.2, 0) is 17.6 Å². The zero-order valence-electron chi connectivity index (χ0n) is 29.5. The first kappa shape index (κ1) is 44.7. The summed E-state index contributed by atoms with van der Waals surface area (Å²) in [5.41, 5.74) is 4.17. The van der Waals surface area contributed by atoms with Crippen LogP contribution < -0.4 is 10.4 Å². The summed E-state index contributed by atoms with van der Waals surface area (Å²) in [7, 11) is 0. The Morgan fingerprint density at radius 1 is 0.750 bits per heavy atom. The molecule has 0 fully saturated rings. The fourth-order valence-corrected chi connectivity index (χ4v) is 3.12. The van der Waals surface area contributed by atoms with Crippen LogP contribution in [0.1, 0.15) is 106 Å². The van der Waals surface area contributed by atoms with Gasteiger partial charge in [-0.25, -0.2) is 4.39 Å². The Kier molecular flexibility index (Phi) is 31.1. The Morgan fingerprint density at radius 2 is 1.20 bits per heavy atom. The quantitative estimate of drug-likeness (QED) is 0.253. The van der Waals surface area contributed by atoms with Gasteiger partial charge < -0.3 is 0 Å². The van der Waals surface area contributed by atoms with Gasteiger partial charge in [0.25, 0.3) is 0 Å². The molecule has 0 saturated heterocycles. The third kappa shape index (κ3) is 23.8. The standard InChI is InChI=1S/C10H13F.C9H13NO.C8H8.C8H10.C4H10.C2H6/c1-2-3-6-9-7-4-5-8-10(9)11;1-6(2)7(3)9(5-10)8(4)11;1-7-5-3-4-6-8(7)2;1-2-8-6-4-3-5-7-8;1-3-4-2;1-2/h4-5,7-8H,2-3,6H2,1H3;9H,1-4H3;3-6H,1-2H2;3-7H,2H2,1H3;3-4H2,1-2H3;1-2H3. The van der Waals surface area contributed by atoms with Crippen LogP contribution in [0, 0.1) is 23.1 Å². The maximum absolute atomic E-state index is 12.9. The highest BCUT2D eigenvalue weighted by Crippen LogP contribution is 2.14. The Balaban J connectivity index is -0.000000484. The van der Waals surface area contributed by atoms with E-state index >= 15 is 0 Å². The molecule has 3 heteroatoms. The molecule has 0 aromatic heterocycles. The average molecular weight is 602 g/mol. The maximum atomic E-state index is 12.9. The van der Waals surface area contributed by atoms with Crippen LogP contribution in [-0.4, -0.2) is 5.78 Å². The molecule has 0 aliphatic carbocycles. The molecule has 0 saturated carbocycles. The number of carbonyl (C=O) groups excluding carboxylic acids is 1. The lowest BCUT2D eigenvalue weighted by Crippen LogP contribution is -2.19. The summed E-state index contributed by atoms with van der Waals surface area (Å²) >= 11 is 0. The van der Waals surface area contributed by atoms with Gasteiger partial charge >= 0.3 is 0 Å². The molecular formula is C41H60FNO. The second kappa shape index (κ2) is 30.7. The molecule has 0 radical (unpaired) electrons. The summed E-state index contributed by atoms with van der Waals surface area (Å²) in [6.07, 6.45) is 6.83. The van der Waals surface area contributed by atoms with E-state index in [4.69, 9.17) is 5.26 Å². The number of unbranched alkanes of at least 4 members (excludes halogenated alkanes) is 2. The highest BCUT2D eigenvalue weighted by molar-refractivity contribution is 5.83. The molecule has 0 spiro atoms. The number of hydrogen-bond donors (Lipinski definition) is 0. The van der Waals surface area contributed by atoms with Crippen LogP contribution in [0.3, 0.4) is 0 Å². The lowest BCUT2D eigenvalue weighted by molar-refractivity contribution is -0.118. The van der Waals surface area contributed by atoms with E-state index in [1.54, 1.807) is 6.07 Å². The van der Waals surface area contributed by atoms with Crippen molar-refractivity contribution in [2.75, 3.05) is 0 Å². The summed E-state index contributed by atoms with van der Waals surface area (Å²) in [6.45, 7) is 27.2. The minimum absolute atomic E-state index is 0.0686. The van der Waals surface area contributed by atoms with Gasteiger partial charge in [0.05, 0.1) is 6.07 Å². The van der Waals surface area contributed by atoms with Crippen molar-refractivity contribution < 1.29 is 9.18 Å². The van der Waals surface area contributed by atoms with Crippen LogP contribution in [0.5, 0.6) is 0 Å². The summed E-state index contributed by atoms with van der Waals surface area (Å²) < 4.78 is 12.9. The molecule has 3 aromatic carbocycles. The summed E-state index contributed by atoms with van der Waals surface area (Å²) in [5, 5.41) is 10.6. The van der Waals surface area contributed by atoms with Gasteiger partial charge in [-0.1, -0.05) is 158 Å². The number of aryl methyl sites for hydroxylation is 2.